The van der Waals surface area contributed by atoms with Gasteiger partial charge in [-0.1, -0.05) is 12.1 Å². The zero-order valence-corrected chi connectivity index (χ0v) is 12.9. The van der Waals surface area contributed by atoms with Crippen LogP contribution in [0.2, 0.25) is 0 Å². The summed E-state index contributed by atoms with van der Waals surface area (Å²) in [6.07, 6.45) is -0.386. The maximum Gasteiger partial charge on any atom is 0.313 e. The van der Waals surface area contributed by atoms with Crippen LogP contribution in [0.4, 0.5) is 0 Å². The Balaban J connectivity index is 1.69. The second kappa shape index (κ2) is 6.08. The topological polar surface area (TPSA) is 85.3 Å². The summed E-state index contributed by atoms with van der Waals surface area (Å²) < 4.78 is 16.3. The molecule has 0 aliphatic carbocycles. The summed E-state index contributed by atoms with van der Waals surface area (Å²) >= 11 is 0. The third kappa shape index (κ3) is 2.84. The summed E-state index contributed by atoms with van der Waals surface area (Å²) in [5, 5.41) is 9.46. The Bertz CT molecular complexity index is 618. The van der Waals surface area contributed by atoms with E-state index in [1.165, 1.54) is 12.0 Å². The smallest absolute Gasteiger partial charge is 0.313 e. The molecule has 1 saturated heterocycles. The number of carboxylic acid groups (broad SMARTS) is 1. The average molecular weight is 321 g/mol. The molecule has 1 amide bonds. The van der Waals surface area contributed by atoms with Crippen LogP contribution >= 0.6 is 0 Å². The zero-order valence-electron chi connectivity index (χ0n) is 12.9. The molecule has 0 radical (unpaired) electrons. The molecule has 2 aliphatic heterocycles. The molecule has 2 atom stereocenters. The van der Waals surface area contributed by atoms with Gasteiger partial charge < -0.3 is 24.2 Å². The van der Waals surface area contributed by atoms with E-state index in [1.54, 1.807) is 18.2 Å². The van der Waals surface area contributed by atoms with Crippen molar-refractivity contribution in [1.82, 2.24) is 4.90 Å². The quantitative estimate of drug-likeness (QED) is 0.882. The van der Waals surface area contributed by atoms with E-state index in [9.17, 15) is 14.7 Å². The van der Waals surface area contributed by atoms with E-state index in [-0.39, 0.29) is 25.7 Å². The van der Waals surface area contributed by atoms with Crippen LogP contribution in [0.3, 0.4) is 0 Å². The fourth-order valence-electron chi connectivity index (χ4n) is 3.04. The molecule has 3 rings (SSSR count). The Labute approximate surface area is 133 Å². The molecule has 2 unspecified atom stereocenters. The molecule has 0 aromatic heterocycles. The van der Waals surface area contributed by atoms with Crippen molar-refractivity contribution in [3.8, 4) is 11.5 Å². The molecule has 1 aromatic rings. The van der Waals surface area contributed by atoms with Gasteiger partial charge in [0.15, 0.2) is 11.5 Å². The molecule has 2 aliphatic rings. The summed E-state index contributed by atoms with van der Waals surface area (Å²) in [6, 6.07) is 7.15. The van der Waals surface area contributed by atoms with Crippen molar-refractivity contribution in [2.24, 2.45) is 5.41 Å². The van der Waals surface area contributed by atoms with Crippen LogP contribution in [-0.4, -0.2) is 61.4 Å². The van der Waals surface area contributed by atoms with Gasteiger partial charge in [0.25, 0.3) is 5.91 Å². The molecule has 2 heterocycles. The molecule has 7 heteroatoms. The number of rotatable bonds is 4. The fourth-order valence-corrected chi connectivity index (χ4v) is 3.04. The third-order valence-electron chi connectivity index (χ3n) is 4.32. The molecule has 7 nitrogen and oxygen atoms in total. The first-order chi connectivity index (χ1) is 11.1. The molecule has 1 aromatic carbocycles. The minimum Gasteiger partial charge on any atom is -0.485 e. The van der Waals surface area contributed by atoms with Crippen molar-refractivity contribution in [3.05, 3.63) is 24.3 Å². The van der Waals surface area contributed by atoms with E-state index in [4.69, 9.17) is 14.2 Å². The van der Waals surface area contributed by atoms with Gasteiger partial charge in [0.05, 0.1) is 6.61 Å². The van der Waals surface area contributed by atoms with E-state index in [0.717, 1.165) is 0 Å². The first-order valence-corrected chi connectivity index (χ1v) is 7.45. The SMILES string of the molecule is COCC1(C(=O)O)CCN(C(=O)C2COc3ccccc3O2)C1. The Hall–Kier alpha value is -2.28. The number of carbonyl (C=O) groups is 2. The van der Waals surface area contributed by atoms with Gasteiger partial charge >= 0.3 is 5.97 Å². The highest BCUT2D eigenvalue weighted by Gasteiger charge is 2.48. The van der Waals surface area contributed by atoms with Crippen molar-refractivity contribution >= 4 is 11.9 Å². The summed E-state index contributed by atoms with van der Waals surface area (Å²) in [6.45, 7) is 0.695. The normalized spacial score (nSPS) is 26.1. The van der Waals surface area contributed by atoms with Crippen molar-refractivity contribution in [2.75, 3.05) is 33.4 Å². The lowest BCUT2D eigenvalue weighted by Crippen LogP contribution is -2.47. The number of aliphatic carboxylic acids is 1. The summed E-state index contributed by atoms with van der Waals surface area (Å²) in [5.74, 6) is -0.0607. The van der Waals surface area contributed by atoms with Crippen molar-refractivity contribution in [2.45, 2.75) is 12.5 Å². The number of methoxy groups -OCH3 is 1. The predicted molar refractivity (Wildman–Crippen MR) is 79.5 cm³/mol. The predicted octanol–water partition coefficient (Wildman–Crippen LogP) is 0.776. The first-order valence-electron chi connectivity index (χ1n) is 7.45. The van der Waals surface area contributed by atoms with Crippen LogP contribution in [0.5, 0.6) is 11.5 Å². The lowest BCUT2D eigenvalue weighted by molar-refractivity contribution is -0.152. The number of carbonyl (C=O) groups excluding carboxylic acids is 1. The van der Waals surface area contributed by atoms with E-state index in [0.29, 0.717) is 24.5 Å². The highest BCUT2D eigenvalue weighted by atomic mass is 16.6. The highest BCUT2D eigenvalue weighted by molar-refractivity contribution is 5.84. The molecule has 0 saturated carbocycles. The standard InChI is InChI=1S/C16H19NO6/c1-21-10-16(15(19)20)6-7-17(9-16)14(18)13-8-22-11-4-2-3-5-12(11)23-13/h2-5,13H,6-10H2,1H3,(H,19,20). The maximum absolute atomic E-state index is 12.6. The number of likely N-dealkylation sites (tertiary alicyclic amines) is 1. The Morgan fingerprint density at radius 2 is 2.13 bits per heavy atom. The van der Waals surface area contributed by atoms with Gasteiger partial charge in [0.2, 0.25) is 6.10 Å². The number of nitrogens with zero attached hydrogens (tertiary/aromatic N) is 1. The van der Waals surface area contributed by atoms with Crippen LogP contribution in [-0.2, 0) is 14.3 Å². The largest absolute Gasteiger partial charge is 0.485 e. The lowest BCUT2D eigenvalue weighted by atomic mass is 9.88. The summed E-state index contributed by atoms with van der Waals surface area (Å²) in [4.78, 5) is 25.7. The number of fused-ring (bicyclic) bond motifs is 1. The van der Waals surface area contributed by atoms with Crippen molar-refractivity contribution in [1.29, 1.82) is 0 Å². The number of hydrogen-bond donors (Lipinski definition) is 1. The minimum atomic E-state index is -1.04. The minimum absolute atomic E-state index is 0.0803. The van der Waals surface area contributed by atoms with Gasteiger partial charge in [0, 0.05) is 20.2 Å². The number of ether oxygens (including phenoxy) is 3. The van der Waals surface area contributed by atoms with Gasteiger partial charge in [-0.2, -0.15) is 0 Å². The van der Waals surface area contributed by atoms with Gasteiger partial charge in [-0.25, -0.2) is 0 Å². The van der Waals surface area contributed by atoms with Crippen molar-refractivity contribution in [3.63, 3.8) is 0 Å². The molecule has 0 bridgehead atoms. The van der Waals surface area contributed by atoms with Gasteiger partial charge in [-0.3, -0.25) is 9.59 Å². The fraction of sp³-hybridized carbons (Fsp3) is 0.500. The maximum atomic E-state index is 12.6. The third-order valence-corrected chi connectivity index (χ3v) is 4.32. The van der Waals surface area contributed by atoms with E-state index >= 15 is 0 Å². The molecule has 0 spiro atoms. The Morgan fingerprint density at radius 1 is 1.39 bits per heavy atom. The molecular weight excluding hydrogens is 302 g/mol. The highest BCUT2D eigenvalue weighted by Crippen LogP contribution is 2.34. The molecule has 124 valence electrons. The number of para-hydroxylation sites is 2. The van der Waals surface area contributed by atoms with Gasteiger partial charge in [0.1, 0.15) is 12.0 Å². The van der Waals surface area contributed by atoms with Crippen LogP contribution in [0, 0.1) is 5.41 Å². The van der Waals surface area contributed by atoms with Crippen LogP contribution < -0.4 is 9.47 Å². The number of hydrogen-bond acceptors (Lipinski definition) is 5. The number of benzene rings is 1. The van der Waals surface area contributed by atoms with Crippen LogP contribution in [0.1, 0.15) is 6.42 Å². The first kappa shape index (κ1) is 15.6. The number of carboxylic acids is 1. The van der Waals surface area contributed by atoms with E-state index < -0.39 is 17.5 Å². The molecular formula is C16H19NO6. The lowest BCUT2D eigenvalue weighted by Gasteiger charge is -2.29. The van der Waals surface area contributed by atoms with Gasteiger partial charge in [-0.15, -0.1) is 0 Å². The van der Waals surface area contributed by atoms with Gasteiger partial charge in [-0.05, 0) is 18.6 Å². The average Bonchev–Trinajstić information content (AvgIpc) is 3.00. The van der Waals surface area contributed by atoms with E-state index in [1.807, 2.05) is 6.07 Å². The molecule has 1 fully saturated rings. The second-order valence-electron chi connectivity index (χ2n) is 5.89. The summed E-state index contributed by atoms with van der Waals surface area (Å²) in [7, 11) is 1.46. The molecule has 1 N–H and O–H groups in total. The monoisotopic (exact) mass is 321 g/mol. The zero-order chi connectivity index (χ0) is 16.4. The summed E-state index contributed by atoms with van der Waals surface area (Å²) in [5.41, 5.74) is -1.04. The Morgan fingerprint density at radius 3 is 2.83 bits per heavy atom. The van der Waals surface area contributed by atoms with Crippen LogP contribution in [0.15, 0.2) is 24.3 Å². The number of amides is 1. The second-order valence-corrected chi connectivity index (χ2v) is 5.89. The van der Waals surface area contributed by atoms with E-state index in [2.05, 4.69) is 0 Å². The molecule has 23 heavy (non-hydrogen) atoms. The Kier molecular flexibility index (Phi) is 4.12. The van der Waals surface area contributed by atoms with Crippen LogP contribution in [0.25, 0.3) is 0 Å². The van der Waals surface area contributed by atoms with Crippen molar-refractivity contribution < 1.29 is 28.9 Å².